The first-order valence-electron chi connectivity index (χ1n) is 9.16. The van der Waals surface area contributed by atoms with Crippen LogP contribution in [-0.2, 0) is 14.4 Å². The highest BCUT2D eigenvalue weighted by Gasteiger charge is 2.06. The first-order chi connectivity index (χ1) is 13.5. The van der Waals surface area contributed by atoms with Gasteiger partial charge in [-0.3, -0.25) is 14.4 Å². The molecular weight excluding hydrogens is 374 g/mol. The monoisotopic (exact) mass is 399 g/mol. The van der Waals surface area contributed by atoms with Gasteiger partial charge >= 0.3 is 0 Å². The summed E-state index contributed by atoms with van der Waals surface area (Å²) in [6.07, 6.45) is 2.40. The Morgan fingerprint density at radius 3 is 1.82 bits per heavy atom. The zero-order valence-corrected chi connectivity index (χ0v) is 16.9. The van der Waals surface area contributed by atoms with E-state index in [2.05, 4.69) is 22.9 Å². The van der Waals surface area contributed by atoms with Crippen molar-refractivity contribution >= 4 is 46.5 Å². The Kier molecular flexibility index (Phi) is 8.55. The van der Waals surface area contributed by atoms with Gasteiger partial charge in [0.2, 0.25) is 17.7 Å². The fourth-order valence-electron chi connectivity index (χ4n) is 2.38. The Morgan fingerprint density at radius 2 is 1.29 bits per heavy atom. The van der Waals surface area contributed by atoms with Crippen LogP contribution < -0.4 is 16.0 Å². The highest BCUT2D eigenvalue weighted by molar-refractivity contribution is 8.00. The number of carbonyl (C=O) groups is 3. The van der Waals surface area contributed by atoms with Crippen LogP contribution in [0.15, 0.2) is 53.4 Å². The van der Waals surface area contributed by atoms with Crippen molar-refractivity contribution in [3.8, 4) is 0 Å². The number of benzene rings is 2. The zero-order valence-electron chi connectivity index (χ0n) is 16.1. The van der Waals surface area contributed by atoms with Crippen molar-refractivity contribution in [2.45, 2.75) is 38.0 Å². The molecule has 3 amide bonds. The lowest BCUT2D eigenvalue weighted by molar-refractivity contribution is -0.116. The Balaban J connectivity index is 1.77. The third kappa shape index (κ3) is 7.84. The Hall–Kier alpha value is -2.80. The molecule has 0 unspecified atom stereocenters. The first-order valence-corrected chi connectivity index (χ1v) is 10.1. The van der Waals surface area contributed by atoms with Gasteiger partial charge in [0.25, 0.3) is 0 Å². The highest BCUT2D eigenvalue weighted by Crippen LogP contribution is 2.21. The standard InChI is InChI=1S/C21H25N3O3S/c1-3-4-5-20(26)23-18-10-12-19(13-11-18)28-14-21(27)24-17-8-6-16(7-9-17)22-15(2)25/h6-13H,3-5,14H2,1-2H3,(H,22,25)(H,23,26)(H,24,27). The van der Waals surface area contributed by atoms with Gasteiger partial charge in [0.1, 0.15) is 0 Å². The number of hydrogen-bond donors (Lipinski definition) is 3. The summed E-state index contributed by atoms with van der Waals surface area (Å²) in [6.45, 7) is 3.50. The van der Waals surface area contributed by atoms with Crippen LogP contribution in [0.4, 0.5) is 17.1 Å². The first kappa shape index (κ1) is 21.5. The van der Waals surface area contributed by atoms with Gasteiger partial charge in [-0.05, 0) is 55.0 Å². The summed E-state index contributed by atoms with van der Waals surface area (Å²) in [7, 11) is 0. The molecule has 0 aliphatic heterocycles. The van der Waals surface area contributed by atoms with Crippen molar-refractivity contribution in [3.05, 3.63) is 48.5 Å². The summed E-state index contributed by atoms with van der Waals surface area (Å²) in [5.41, 5.74) is 2.11. The van der Waals surface area contributed by atoms with E-state index in [-0.39, 0.29) is 23.5 Å². The van der Waals surface area contributed by atoms with Gasteiger partial charge in [-0.25, -0.2) is 0 Å². The zero-order chi connectivity index (χ0) is 20.4. The second kappa shape index (κ2) is 11.1. The second-order valence-electron chi connectivity index (χ2n) is 6.27. The maximum absolute atomic E-state index is 12.1. The van der Waals surface area contributed by atoms with Crippen LogP contribution >= 0.6 is 11.8 Å². The molecule has 0 heterocycles. The van der Waals surface area contributed by atoms with Gasteiger partial charge in [0.15, 0.2) is 0 Å². The molecule has 0 aliphatic rings. The predicted molar refractivity (Wildman–Crippen MR) is 115 cm³/mol. The number of unbranched alkanes of at least 4 members (excludes halogenated alkanes) is 1. The Morgan fingerprint density at radius 1 is 0.786 bits per heavy atom. The Labute approximate surface area is 169 Å². The molecule has 0 aromatic heterocycles. The molecule has 0 atom stereocenters. The predicted octanol–water partition coefficient (Wildman–Crippen LogP) is 4.50. The molecule has 2 aromatic carbocycles. The maximum Gasteiger partial charge on any atom is 0.234 e. The molecule has 3 N–H and O–H groups in total. The average molecular weight is 400 g/mol. The molecule has 0 bridgehead atoms. The summed E-state index contributed by atoms with van der Waals surface area (Å²) in [5, 5.41) is 8.36. The number of rotatable bonds is 9. The van der Waals surface area contributed by atoms with E-state index in [1.165, 1.54) is 18.7 Å². The summed E-state index contributed by atoms with van der Waals surface area (Å²) in [4.78, 5) is 35.8. The SMILES string of the molecule is CCCCC(=O)Nc1ccc(SCC(=O)Nc2ccc(NC(C)=O)cc2)cc1. The van der Waals surface area contributed by atoms with E-state index in [1.54, 1.807) is 24.3 Å². The van der Waals surface area contributed by atoms with Crippen LogP contribution in [0.1, 0.15) is 33.1 Å². The minimum atomic E-state index is -0.139. The van der Waals surface area contributed by atoms with Crippen LogP contribution in [0.25, 0.3) is 0 Å². The van der Waals surface area contributed by atoms with Gasteiger partial charge in [-0.15, -0.1) is 11.8 Å². The number of nitrogens with one attached hydrogen (secondary N) is 3. The normalized spacial score (nSPS) is 10.2. The van der Waals surface area contributed by atoms with Gasteiger partial charge in [-0.1, -0.05) is 13.3 Å². The van der Waals surface area contributed by atoms with Crippen molar-refractivity contribution in [1.82, 2.24) is 0 Å². The smallest absolute Gasteiger partial charge is 0.234 e. The fraction of sp³-hybridized carbons (Fsp3) is 0.286. The van der Waals surface area contributed by atoms with Crippen molar-refractivity contribution < 1.29 is 14.4 Å². The number of carbonyl (C=O) groups excluding carboxylic acids is 3. The molecular formula is C21H25N3O3S. The van der Waals surface area contributed by atoms with E-state index in [1.807, 2.05) is 24.3 Å². The molecule has 6 nitrogen and oxygen atoms in total. The average Bonchev–Trinajstić information content (AvgIpc) is 2.67. The second-order valence-corrected chi connectivity index (χ2v) is 7.32. The van der Waals surface area contributed by atoms with Crippen LogP contribution in [0, 0.1) is 0 Å². The molecule has 0 saturated heterocycles. The quantitative estimate of drug-likeness (QED) is 0.542. The molecule has 0 radical (unpaired) electrons. The topological polar surface area (TPSA) is 87.3 Å². The molecule has 2 aromatic rings. The van der Waals surface area contributed by atoms with Crippen LogP contribution in [0.3, 0.4) is 0 Å². The number of thioether (sulfide) groups is 1. The van der Waals surface area contributed by atoms with E-state index in [0.29, 0.717) is 17.8 Å². The van der Waals surface area contributed by atoms with Gasteiger partial charge in [0.05, 0.1) is 5.75 Å². The number of anilines is 3. The largest absolute Gasteiger partial charge is 0.326 e. The van der Waals surface area contributed by atoms with Gasteiger partial charge < -0.3 is 16.0 Å². The summed E-state index contributed by atoms with van der Waals surface area (Å²) in [6, 6.07) is 14.4. The van der Waals surface area contributed by atoms with Crippen molar-refractivity contribution in [2.24, 2.45) is 0 Å². The van der Waals surface area contributed by atoms with Gasteiger partial charge in [0, 0.05) is 35.3 Å². The van der Waals surface area contributed by atoms with Crippen molar-refractivity contribution in [1.29, 1.82) is 0 Å². The third-order valence-corrected chi connectivity index (χ3v) is 4.77. The molecule has 0 fully saturated rings. The molecule has 0 aliphatic carbocycles. The molecule has 7 heteroatoms. The van der Waals surface area contributed by atoms with E-state index < -0.39 is 0 Å². The number of hydrogen-bond acceptors (Lipinski definition) is 4. The number of amides is 3. The fourth-order valence-corrected chi connectivity index (χ4v) is 3.08. The molecule has 0 spiro atoms. The third-order valence-electron chi connectivity index (χ3n) is 3.75. The minimum Gasteiger partial charge on any atom is -0.326 e. The van der Waals surface area contributed by atoms with Crippen LogP contribution in [0.5, 0.6) is 0 Å². The molecule has 2 rings (SSSR count). The van der Waals surface area contributed by atoms with E-state index in [0.717, 1.165) is 23.4 Å². The van der Waals surface area contributed by atoms with Gasteiger partial charge in [-0.2, -0.15) is 0 Å². The van der Waals surface area contributed by atoms with E-state index >= 15 is 0 Å². The van der Waals surface area contributed by atoms with Crippen molar-refractivity contribution in [2.75, 3.05) is 21.7 Å². The molecule has 148 valence electrons. The minimum absolute atomic E-state index is 0.0196. The van der Waals surface area contributed by atoms with Crippen LogP contribution in [-0.4, -0.2) is 23.5 Å². The van der Waals surface area contributed by atoms with E-state index in [9.17, 15) is 14.4 Å². The van der Waals surface area contributed by atoms with Crippen molar-refractivity contribution in [3.63, 3.8) is 0 Å². The lowest BCUT2D eigenvalue weighted by atomic mass is 10.2. The highest BCUT2D eigenvalue weighted by atomic mass is 32.2. The summed E-state index contributed by atoms with van der Waals surface area (Å²) < 4.78 is 0. The lowest BCUT2D eigenvalue weighted by Crippen LogP contribution is -2.14. The summed E-state index contributed by atoms with van der Waals surface area (Å²) >= 11 is 1.42. The lowest BCUT2D eigenvalue weighted by Gasteiger charge is -2.08. The van der Waals surface area contributed by atoms with Crippen LogP contribution in [0.2, 0.25) is 0 Å². The summed E-state index contributed by atoms with van der Waals surface area (Å²) in [5.74, 6) is 0.0375. The maximum atomic E-state index is 12.1. The molecule has 0 saturated carbocycles. The van der Waals surface area contributed by atoms with E-state index in [4.69, 9.17) is 0 Å². The molecule has 28 heavy (non-hydrogen) atoms. The Bertz CT molecular complexity index is 805.